The summed E-state index contributed by atoms with van der Waals surface area (Å²) in [6.07, 6.45) is 3.55. The minimum Gasteiger partial charge on any atom is -0.262 e. The molecule has 0 saturated heterocycles. The van der Waals surface area contributed by atoms with Crippen LogP contribution in [0.15, 0.2) is 48.8 Å². The second-order valence-corrected chi connectivity index (χ2v) is 5.00. The molecule has 16 heavy (non-hydrogen) atoms. The summed E-state index contributed by atoms with van der Waals surface area (Å²) in [6, 6.07) is 12.4. The Hall–Kier alpha value is -1.38. The monoisotopic (exact) mass is 245 g/mol. The minimum atomic E-state index is 0.718. The van der Waals surface area contributed by atoms with Crippen LogP contribution >= 0.6 is 22.9 Å². The molecule has 3 heteroatoms. The summed E-state index contributed by atoms with van der Waals surface area (Å²) in [5, 5.41) is 1.80. The number of hydrogen-bond donors (Lipinski definition) is 0. The van der Waals surface area contributed by atoms with E-state index in [9.17, 15) is 0 Å². The van der Waals surface area contributed by atoms with Crippen LogP contribution in [0.1, 0.15) is 0 Å². The molecule has 0 aliphatic carbocycles. The molecule has 1 nitrogen and oxygen atoms in total. The summed E-state index contributed by atoms with van der Waals surface area (Å²) >= 11 is 7.82. The Balaban J connectivity index is 2.23. The average molecular weight is 246 g/mol. The van der Waals surface area contributed by atoms with Crippen LogP contribution in [0.5, 0.6) is 0 Å². The van der Waals surface area contributed by atoms with Crippen LogP contribution in [0, 0.1) is 0 Å². The third-order valence-electron chi connectivity index (χ3n) is 2.46. The Kier molecular flexibility index (Phi) is 2.39. The second-order valence-electron chi connectivity index (χ2n) is 3.51. The lowest BCUT2D eigenvalue weighted by molar-refractivity contribution is 1.37. The van der Waals surface area contributed by atoms with E-state index in [2.05, 4.69) is 23.2 Å². The number of nitrogens with zero attached hydrogens (tertiary/aromatic N) is 1. The van der Waals surface area contributed by atoms with Gasteiger partial charge in [0.1, 0.15) is 0 Å². The molecule has 1 aromatic carbocycles. The van der Waals surface area contributed by atoms with Gasteiger partial charge in [-0.25, -0.2) is 0 Å². The average Bonchev–Trinajstić information content (AvgIpc) is 2.76. The van der Waals surface area contributed by atoms with E-state index >= 15 is 0 Å². The van der Waals surface area contributed by atoms with Crippen LogP contribution in [-0.4, -0.2) is 4.98 Å². The maximum absolute atomic E-state index is 6.10. The van der Waals surface area contributed by atoms with Crippen LogP contribution in [0.2, 0.25) is 5.02 Å². The predicted octanol–water partition coefficient (Wildman–Crippen LogP) is 4.62. The highest BCUT2D eigenvalue weighted by Crippen LogP contribution is 2.35. The zero-order valence-corrected chi connectivity index (χ0v) is 9.92. The molecule has 0 spiro atoms. The summed E-state index contributed by atoms with van der Waals surface area (Å²) in [4.78, 5) is 5.33. The molecule has 78 valence electrons. The normalized spacial score (nSPS) is 10.8. The highest BCUT2D eigenvalue weighted by molar-refractivity contribution is 7.22. The van der Waals surface area contributed by atoms with Crippen molar-refractivity contribution in [3.8, 4) is 10.4 Å². The van der Waals surface area contributed by atoms with E-state index in [0.717, 1.165) is 15.1 Å². The molecule has 0 amide bonds. The fourth-order valence-electron chi connectivity index (χ4n) is 1.67. The molecule has 3 rings (SSSR count). The quantitative estimate of drug-likeness (QED) is 0.610. The zero-order valence-electron chi connectivity index (χ0n) is 8.35. The molecule has 3 aromatic rings. The van der Waals surface area contributed by atoms with Crippen molar-refractivity contribution >= 4 is 33.0 Å². The molecule has 0 aliphatic rings. The van der Waals surface area contributed by atoms with Crippen LogP contribution in [0.25, 0.3) is 20.5 Å². The molecule has 0 fully saturated rings. The zero-order chi connectivity index (χ0) is 11.0. The first-order valence-corrected chi connectivity index (χ1v) is 6.12. The molecular formula is C13H8ClNS. The van der Waals surface area contributed by atoms with E-state index in [1.165, 1.54) is 10.4 Å². The summed E-state index contributed by atoms with van der Waals surface area (Å²) in [6.45, 7) is 0. The van der Waals surface area contributed by atoms with Gasteiger partial charge in [-0.3, -0.25) is 4.98 Å². The highest BCUT2D eigenvalue weighted by Gasteiger charge is 2.06. The molecule has 0 unspecified atom stereocenters. The number of benzene rings is 1. The predicted molar refractivity (Wildman–Crippen MR) is 70.1 cm³/mol. The highest BCUT2D eigenvalue weighted by atomic mass is 35.5. The lowest BCUT2D eigenvalue weighted by Crippen LogP contribution is -1.70. The Bertz CT molecular complexity index is 631. The molecule has 0 bridgehead atoms. The van der Waals surface area contributed by atoms with Crippen LogP contribution < -0.4 is 0 Å². The van der Waals surface area contributed by atoms with E-state index in [-0.39, 0.29) is 0 Å². The van der Waals surface area contributed by atoms with Gasteiger partial charge < -0.3 is 0 Å². The van der Waals surface area contributed by atoms with Crippen molar-refractivity contribution in [1.82, 2.24) is 4.98 Å². The fourth-order valence-corrected chi connectivity index (χ4v) is 3.00. The first kappa shape index (κ1) is 9.82. The number of rotatable bonds is 1. The number of hydrogen-bond acceptors (Lipinski definition) is 2. The SMILES string of the molecule is Clc1cncc2sc(-c3ccccc3)cc12. The Labute approximate surface area is 102 Å². The van der Waals surface area contributed by atoms with E-state index in [1.54, 1.807) is 17.5 Å². The van der Waals surface area contributed by atoms with E-state index in [1.807, 2.05) is 24.4 Å². The molecule has 0 saturated carbocycles. The largest absolute Gasteiger partial charge is 0.262 e. The van der Waals surface area contributed by atoms with Gasteiger partial charge in [-0.05, 0) is 11.6 Å². The van der Waals surface area contributed by atoms with Crippen molar-refractivity contribution < 1.29 is 0 Å². The van der Waals surface area contributed by atoms with Crippen molar-refractivity contribution in [3.05, 3.63) is 53.8 Å². The third kappa shape index (κ3) is 1.60. The van der Waals surface area contributed by atoms with Gasteiger partial charge >= 0.3 is 0 Å². The standard InChI is InChI=1S/C13H8ClNS/c14-11-7-15-8-13-10(11)6-12(16-13)9-4-2-1-3-5-9/h1-8H. The first-order valence-electron chi connectivity index (χ1n) is 4.93. The lowest BCUT2D eigenvalue weighted by Gasteiger charge is -1.93. The van der Waals surface area contributed by atoms with Crippen molar-refractivity contribution in [2.45, 2.75) is 0 Å². The van der Waals surface area contributed by atoms with Gasteiger partial charge in [0, 0.05) is 22.7 Å². The number of halogens is 1. The van der Waals surface area contributed by atoms with Gasteiger partial charge in [-0.2, -0.15) is 0 Å². The molecular weight excluding hydrogens is 238 g/mol. The van der Waals surface area contributed by atoms with Crippen molar-refractivity contribution in [3.63, 3.8) is 0 Å². The van der Waals surface area contributed by atoms with Gasteiger partial charge in [-0.15, -0.1) is 11.3 Å². The van der Waals surface area contributed by atoms with Crippen molar-refractivity contribution in [2.75, 3.05) is 0 Å². The maximum Gasteiger partial charge on any atom is 0.0676 e. The first-order chi connectivity index (χ1) is 7.84. The van der Waals surface area contributed by atoms with Gasteiger partial charge in [0.15, 0.2) is 0 Å². The third-order valence-corrected chi connectivity index (χ3v) is 3.88. The maximum atomic E-state index is 6.10. The lowest BCUT2D eigenvalue weighted by atomic mass is 10.2. The molecule has 0 radical (unpaired) electrons. The summed E-state index contributed by atoms with van der Waals surface area (Å²) < 4.78 is 1.13. The number of thiophene rings is 1. The second kappa shape index (κ2) is 3.89. The van der Waals surface area contributed by atoms with Crippen LogP contribution in [-0.2, 0) is 0 Å². The number of aromatic nitrogens is 1. The summed E-state index contributed by atoms with van der Waals surface area (Å²) in [7, 11) is 0. The Morgan fingerprint density at radius 2 is 1.88 bits per heavy atom. The van der Waals surface area contributed by atoms with Crippen molar-refractivity contribution in [2.24, 2.45) is 0 Å². The molecule has 0 N–H and O–H groups in total. The van der Waals surface area contributed by atoms with Crippen LogP contribution in [0.3, 0.4) is 0 Å². The molecule has 2 heterocycles. The van der Waals surface area contributed by atoms with E-state index < -0.39 is 0 Å². The molecule has 0 aliphatic heterocycles. The minimum absolute atomic E-state index is 0.718. The Morgan fingerprint density at radius 1 is 1.06 bits per heavy atom. The molecule has 0 atom stereocenters. The number of pyridine rings is 1. The van der Waals surface area contributed by atoms with Gasteiger partial charge in [0.05, 0.1) is 9.72 Å². The summed E-state index contributed by atoms with van der Waals surface area (Å²) in [5.74, 6) is 0. The van der Waals surface area contributed by atoms with E-state index in [0.29, 0.717) is 0 Å². The van der Waals surface area contributed by atoms with Crippen molar-refractivity contribution in [1.29, 1.82) is 0 Å². The summed E-state index contributed by atoms with van der Waals surface area (Å²) in [5.41, 5.74) is 1.22. The number of fused-ring (bicyclic) bond motifs is 1. The topological polar surface area (TPSA) is 12.9 Å². The smallest absolute Gasteiger partial charge is 0.0676 e. The Morgan fingerprint density at radius 3 is 2.62 bits per heavy atom. The molecule has 2 aromatic heterocycles. The van der Waals surface area contributed by atoms with Crippen LogP contribution in [0.4, 0.5) is 0 Å². The van der Waals surface area contributed by atoms with Gasteiger partial charge in [0.2, 0.25) is 0 Å². The van der Waals surface area contributed by atoms with Gasteiger partial charge in [0.25, 0.3) is 0 Å². The van der Waals surface area contributed by atoms with Gasteiger partial charge in [-0.1, -0.05) is 41.9 Å². The fraction of sp³-hybridized carbons (Fsp3) is 0. The van der Waals surface area contributed by atoms with E-state index in [4.69, 9.17) is 11.6 Å².